The topological polar surface area (TPSA) is 29.3 Å². The maximum atomic E-state index is 6.10. The molecule has 0 amide bonds. The first-order chi connectivity index (χ1) is 9.13. The SMILES string of the molecule is CC1CCN(C(CN)C(C)c2ccccc2)C(C)C1. The molecule has 19 heavy (non-hydrogen) atoms. The van der Waals surface area contributed by atoms with E-state index in [9.17, 15) is 0 Å². The fraction of sp³-hybridized carbons (Fsp3) is 0.647. The van der Waals surface area contributed by atoms with Gasteiger partial charge in [-0.05, 0) is 43.7 Å². The summed E-state index contributed by atoms with van der Waals surface area (Å²) in [5, 5.41) is 0. The molecule has 1 fully saturated rings. The highest BCUT2D eigenvalue weighted by atomic mass is 15.2. The zero-order valence-corrected chi connectivity index (χ0v) is 12.5. The van der Waals surface area contributed by atoms with E-state index in [0.29, 0.717) is 18.0 Å². The fourth-order valence-corrected chi connectivity index (χ4v) is 3.52. The maximum Gasteiger partial charge on any atom is 0.0287 e. The van der Waals surface area contributed by atoms with Crippen LogP contribution in [0.2, 0.25) is 0 Å². The first-order valence-corrected chi connectivity index (χ1v) is 7.64. The van der Waals surface area contributed by atoms with E-state index in [-0.39, 0.29) is 0 Å². The summed E-state index contributed by atoms with van der Waals surface area (Å²) in [6.07, 6.45) is 2.61. The van der Waals surface area contributed by atoms with Crippen LogP contribution in [0.4, 0.5) is 0 Å². The molecule has 2 rings (SSSR count). The van der Waals surface area contributed by atoms with Crippen LogP contribution in [0.1, 0.15) is 45.1 Å². The van der Waals surface area contributed by atoms with Gasteiger partial charge in [-0.3, -0.25) is 4.90 Å². The van der Waals surface area contributed by atoms with Crippen LogP contribution < -0.4 is 5.73 Å². The van der Waals surface area contributed by atoms with Gasteiger partial charge in [-0.15, -0.1) is 0 Å². The van der Waals surface area contributed by atoms with Crippen molar-refractivity contribution in [3.63, 3.8) is 0 Å². The molecule has 1 aromatic carbocycles. The number of rotatable bonds is 4. The maximum absolute atomic E-state index is 6.10. The second kappa shape index (κ2) is 6.53. The number of hydrogen-bond donors (Lipinski definition) is 1. The predicted molar refractivity (Wildman–Crippen MR) is 82.3 cm³/mol. The molecule has 0 aromatic heterocycles. The van der Waals surface area contributed by atoms with Crippen molar-refractivity contribution in [3.05, 3.63) is 35.9 Å². The van der Waals surface area contributed by atoms with Crippen molar-refractivity contribution in [1.82, 2.24) is 4.90 Å². The molecule has 106 valence electrons. The molecule has 0 saturated carbocycles. The third kappa shape index (κ3) is 3.37. The molecule has 2 N–H and O–H groups in total. The van der Waals surface area contributed by atoms with Gasteiger partial charge in [-0.2, -0.15) is 0 Å². The summed E-state index contributed by atoms with van der Waals surface area (Å²) in [5.41, 5.74) is 7.50. The summed E-state index contributed by atoms with van der Waals surface area (Å²) >= 11 is 0. The minimum absolute atomic E-state index is 0.463. The summed E-state index contributed by atoms with van der Waals surface area (Å²) in [5.74, 6) is 1.36. The monoisotopic (exact) mass is 260 g/mol. The highest BCUT2D eigenvalue weighted by Gasteiger charge is 2.31. The van der Waals surface area contributed by atoms with Gasteiger partial charge in [0.1, 0.15) is 0 Å². The molecule has 0 aliphatic carbocycles. The fourth-order valence-electron chi connectivity index (χ4n) is 3.52. The molecule has 1 aliphatic rings. The normalized spacial score (nSPS) is 28.0. The molecular formula is C17H28N2. The van der Waals surface area contributed by atoms with Crippen molar-refractivity contribution in [2.75, 3.05) is 13.1 Å². The van der Waals surface area contributed by atoms with Gasteiger partial charge in [-0.25, -0.2) is 0 Å². The summed E-state index contributed by atoms with van der Waals surface area (Å²) < 4.78 is 0. The highest BCUT2D eigenvalue weighted by molar-refractivity contribution is 5.21. The second-order valence-corrected chi connectivity index (χ2v) is 6.22. The standard InChI is InChI=1S/C17H28N2/c1-13-9-10-19(14(2)11-13)17(12-18)15(3)16-7-5-4-6-8-16/h4-8,13-15,17H,9-12,18H2,1-3H3. The van der Waals surface area contributed by atoms with Crippen molar-refractivity contribution >= 4 is 0 Å². The lowest BCUT2D eigenvalue weighted by Crippen LogP contribution is -2.51. The molecule has 1 aliphatic heterocycles. The number of benzene rings is 1. The van der Waals surface area contributed by atoms with E-state index in [1.807, 2.05) is 0 Å². The zero-order valence-electron chi connectivity index (χ0n) is 12.5. The molecule has 0 spiro atoms. The molecule has 2 nitrogen and oxygen atoms in total. The van der Waals surface area contributed by atoms with Crippen LogP contribution in [0.5, 0.6) is 0 Å². The van der Waals surface area contributed by atoms with Crippen LogP contribution >= 0.6 is 0 Å². The summed E-state index contributed by atoms with van der Waals surface area (Å²) in [4.78, 5) is 2.64. The summed E-state index contributed by atoms with van der Waals surface area (Å²) in [6.45, 7) is 8.98. The predicted octanol–water partition coefficient (Wildman–Crippen LogP) is 3.24. The Morgan fingerprint density at radius 1 is 1.26 bits per heavy atom. The molecule has 1 saturated heterocycles. The van der Waals surface area contributed by atoms with Gasteiger partial charge in [0.15, 0.2) is 0 Å². The van der Waals surface area contributed by atoms with Crippen molar-refractivity contribution in [2.45, 2.75) is 51.6 Å². The van der Waals surface area contributed by atoms with E-state index >= 15 is 0 Å². The van der Waals surface area contributed by atoms with E-state index in [0.717, 1.165) is 12.5 Å². The van der Waals surface area contributed by atoms with Gasteiger partial charge in [-0.1, -0.05) is 44.2 Å². The van der Waals surface area contributed by atoms with E-state index in [1.54, 1.807) is 0 Å². The number of nitrogens with two attached hydrogens (primary N) is 1. The smallest absolute Gasteiger partial charge is 0.0287 e. The van der Waals surface area contributed by atoms with Crippen LogP contribution in [0.25, 0.3) is 0 Å². The minimum atomic E-state index is 0.463. The molecule has 4 unspecified atom stereocenters. The highest BCUT2D eigenvalue weighted by Crippen LogP contribution is 2.29. The summed E-state index contributed by atoms with van der Waals surface area (Å²) in [6, 6.07) is 11.9. The van der Waals surface area contributed by atoms with Gasteiger partial charge in [0, 0.05) is 18.6 Å². The Hall–Kier alpha value is -0.860. The van der Waals surface area contributed by atoms with E-state index in [2.05, 4.69) is 56.0 Å². The Bertz CT molecular complexity index is 376. The molecule has 4 atom stereocenters. The number of likely N-dealkylation sites (tertiary alicyclic amines) is 1. The van der Waals surface area contributed by atoms with Crippen LogP contribution in [0.15, 0.2) is 30.3 Å². The van der Waals surface area contributed by atoms with Gasteiger partial charge in [0.25, 0.3) is 0 Å². The first kappa shape index (κ1) is 14.5. The first-order valence-electron chi connectivity index (χ1n) is 7.64. The minimum Gasteiger partial charge on any atom is -0.329 e. The molecule has 1 aromatic rings. The Balaban J connectivity index is 2.11. The van der Waals surface area contributed by atoms with Crippen molar-refractivity contribution in [3.8, 4) is 0 Å². The van der Waals surface area contributed by atoms with Crippen LogP contribution in [0.3, 0.4) is 0 Å². The molecule has 1 heterocycles. The van der Waals surface area contributed by atoms with Crippen molar-refractivity contribution < 1.29 is 0 Å². The van der Waals surface area contributed by atoms with Gasteiger partial charge < -0.3 is 5.73 Å². The second-order valence-electron chi connectivity index (χ2n) is 6.22. The average molecular weight is 260 g/mol. The van der Waals surface area contributed by atoms with Crippen molar-refractivity contribution in [2.24, 2.45) is 11.7 Å². The van der Waals surface area contributed by atoms with Crippen LogP contribution in [0, 0.1) is 5.92 Å². The zero-order chi connectivity index (χ0) is 13.8. The summed E-state index contributed by atoms with van der Waals surface area (Å²) in [7, 11) is 0. The third-order valence-electron chi connectivity index (χ3n) is 4.76. The Morgan fingerprint density at radius 2 is 1.95 bits per heavy atom. The van der Waals surface area contributed by atoms with E-state index in [4.69, 9.17) is 5.73 Å². The number of nitrogens with zero attached hydrogens (tertiary/aromatic N) is 1. The Morgan fingerprint density at radius 3 is 2.53 bits per heavy atom. The Kier molecular flexibility index (Phi) is 5.00. The van der Waals surface area contributed by atoms with Crippen molar-refractivity contribution in [1.29, 1.82) is 0 Å². The average Bonchev–Trinajstić information content (AvgIpc) is 2.42. The quantitative estimate of drug-likeness (QED) is 0.900. The molecular weight excluding hydrogens is 232 g/mol. The molecule has 2 heteroatoms. The lowest BCUT2D eigenvalue weighted by Gasteiger charge is -2.43. The molecule has 0 bridgehead atoms. The van der Waals surface area contributed by atoms with Crippen LogP contribution in [-0.2, 0) is 0 Å². The molecule has 0 radical (unpaired) electrons. The van der Waals surface area contributed by atoms with Gasteiger partial charge in [0.05, 0.1) is 0 Å². The lowest BCUT2D eigenvalue weighted by molar-refractivity contribution is 0.0741. The lowest BCUT2D eigenvalue weighted by atomic mass is 9.86. The van der Waals surface area contributed by atoms with E-state index < -0.39 is 0 Å². The largest absolute Gasteiger partial charge is 0.329 e. The number of piperidine rings is 1. The van der Waals surface area contributed by atoms with Gasteiger partial charge >= 0.3 is 0 Å². The van der Waals surface area contributed by atoms with E-state index in [1.165, 1.54) is 24.9 Å². The van der Waals surface area contributed by atoms with Gasteiger partial charge in [0.2, 0.25) is 0 Å². The Labute approximate surface area is 118 Å². The number of hydrogen-bond acceptors (Lipinski definition) is 2. The third-order valence-corrected chi connectivity index (χ3v) is 4.76. The van der Waals surface area contributed by atoms with Crippen LogP contribution in [-0.4, -0.2) is 30.1 Å².